The highest BCUT2D eigenvalue weighted by Crippen LogP contribution is 2.42. The van der Waals surface area contributed by atoms with E-state index in [9.17, 15) is 5.11 Å². The molecule has 0 spiro atoms. The summed E-state index contributed by atoms with van der Waals surface area (Å²) in [5.41, 5.74) is 1.39. The highest BCUT2D eigenvalue weighted by molar-refractivity contribution is 6.31. The van der Waals surface area contributed by atoms with E-state index in [4.69, 9.17) is 11.6 Å². The fourth-order valence-electron chi connectivity index (χ4n) is 1.67. The van der Waals surface area contributed by atoms with Gasteiger partial charge in [-0.3, -0.25) is 0 Å². The molecule has 1 aromatic rings. The maximum absolute atomic E-state index is 9.66. The van der Waals surface area contributed by atoms with Gasteiger partial charge in [-0.05, 0) is 18.6 Å². The lowest BCUT2D eigenvalue weighted by Crippen LogP contribution is -2.35. The van der Waals surface area contributed by atoms with Crippen LogP contribution in [0.4, 0.5) is 0 Å². The van der Waals surface area contributed by atoms with Crippen molar-refractivity contribution in [3.8, 4) is 0 Å². The number of benzene rings is 1. The van der Waals surface area contributed by atoms with Gasteiger partial charge in [0.05, 0.1) is 5.60 Å². The molecular weight excluding hydrogens is 160 g/mol. The summed E-state index contributed by atoms with van der Waals surface area (Å²) >= 11 is 5.89. The van der Waals surface area contributed by atoms with E-state index < -0.39 is 5.60 Å². The minimum atomic E-state index is -0.687. The Morgan fingerprint density at radius 2 is 2.27 bits per heavy atom. The van der Waals surface area contributed by atoms with Crippen LogP contribution < -0.4 is 0 Å². The molecule has 0 aromatic heterocycles. The Morgan fingerprint density at radius 3 is 2.73 bits per heavy atom. The summed E-state index contributed by atoms with van der Waals surface area (Å²) < 4.78 is 0. The van der Waals surface area contributed by atoms with Crippen molar-refractivity contribution in [2.45, 2.75) is 18.9 Å². The molecule has 11 heavy (non-hydrogen) atoms. The molecule has 1 unspecified atom stereocenters. The molecule has 0 bridgehead atoms. The van der Waals surface area contributed by atoms with Crippen molar-refractivity contribution in [1.29, 1.82) is 0 Å². The highest BCUT2D eigenvalue weighted by Gasteiger charge is 2.37. The van der Waals surface area contributed by atoms with Crippen molar-refractivity contribution >= 4 is 11.6 Å². The van der Waals surface area contributed by atoms with E-state index in [1.54, 1.807) is 6.92 Å². The lowest BCUT2D eigenvalue weighted by Gasteiger charge is -2.36. The van der Waals surface area contributed by atoms with E-state index in [0.717, 1.165) is 12.0 Å². The summed E-state index contributed by atoms with van der Waals surface area (Å²) in [7, 11) is 0. The number of hydrogen-bond acceptors (Lipinski definition) is 1. The Labute approximate surface area is 70.6 Å². The molecule has 0 radical (unpaired) electrons. The topological polar surface area (TPSA) is 20.2 Å². The van der Waals surface area contributed by atoms with Crippen LogP contribution in [-0.4, -0.2) is 5.11 Å². The smallest absolute Gasteiger partial charge is 0.0925 e. The van der Waals surface area contributed by atoms with Crippen LogP contribution in [0.5, 0.6) is 0 Å². The summed E-state index contributed by atoms with van der Waals surface area (Å²) in [5, 5.41) is 10.3. The van der Waals surface area contributed by atoms with Crippen molar-refractivity contribution < 1.29 is 5.11 Å². The zero-order valence-corrected chi connectivity index (χ0v) is 7.02. The molecule has 1 aliphatic rings. The Hall–Kier alpha value is -0.530. The fourth-order valence-corrected chi connectivity index (χ4v) is 2.07. The SMILES string of the molecule is CC1(O)Cc2cccc(Cl)c21. The fraction of sp³-hybridized carbons (Fsp3) is 0.333. The number of fused-ring (bicyclic) bond motifs is 1. The van der Waals surface area contributed by atoms with Gasteiger partial charge in [-0.25, -0.2) is 0 Å². The van der Waals surface area contributed by atoms with E-state index in [0.29, 0.717) is 5.02 Å². The second kappa shape index (κ2) is 1.99. The van der Waals surface area contributed by atoms with E-state index in [1.807, 2.05) is 18.2 Å². The largest absolute Gasteiger partial charge is 0.385 e. The monoisotopic (exact) mass is 168 g/mol. The van der Waals surface area contributed by atoms with Gasteiger partial charge in [0, 0.05) is 17.0 Å². The van der Waals surface area contributed by atoms with Crippen LogP contribution >= 0.6 is 11.6 Å². The third-order valence-electron chi connectivity index (χ3n) is 2.17. The van der Waals surface area contributed by atoms with Crippen LogP contribution in [0.2, 0.25) is 5.02 Å². The molecule has 1 N–H and O–H groups in total. The summed E-state index contributed by atoms with van der Waals surface area (Å²) in [4.78, 5) is 0. The van der Waals surface area contributed by atoms with Gasteiger partial charge in [-0.1, -0.05) is 23.7 Å². The quantitative estimate of drug-likeness (QED) is 0.629. The molecule has 0 amide bonds. The number of aliphatic hydroxyl groups is 1. The van der Waals surface area contributed by atoms with Crippen LogP contribution in [0.15, 0.2) is 18.2 Å². The first kappa shape index (κ1) is 7.14. The van der Waals surface area contributed by atoms with Gasteiger partial charge in [0.2, 0.25) is 0 Å². The summed E-state index contributed by atoms with van der Waals surface area (Å²) in [5.74, 6) is 0. The molecule has 0 saturated heterocycles. The predicted molar refractivity (Wildman–Crippen MR) is 44.7 cm³/mol. The molecule has 1 aromatic carbocycles. The van der Waals surface area contributed by atoms with Crippen molar-refractivity contribution in [2.24, 2.45) is 0 Å². The van der Waals surface area contributed by atoms with Crippen LogP contribution in [0.1, 0.15) is 18.1 Å². The van der Waals surface area contributed by atoms with Gasteiger partial charge in [-0.15, -0.1) is 0 Å². The van der Waals surface area contributed by atoms with Gasteiger partial charge < -0.3 is 5.11 Å². The first-order valence-electron chi connectivity index (χ1n) is 3.61. The molecule has 1 nitrogen and oxygen atoms in total. The van der Waals surface area contributed by atoms with Crippen molar-refractivity contribution in [3.05, 3.63) is 34.3 Å². The summed E-state index contributed by atoms with van der Waals surface area (Å²) in [6.07, 6.45) is 0.725. The summed E-state index contributed by atoms with van der Waals surface area (Å²) in [6, 6.07) is 5.73. The van der Waals surface area contributed by atoms with E-state index >= 15 is 0 Å². The Balaban J connectivity index is 2.60. The third kappa shape index (κ3) is 0.883. The number of rotatable bonds is 0. The zero-order chi connectivity index (χ0) is 8.06. The second-order valence-corrected chi connectivity index (χ2v) is 3.63. The van der Waals surface area contributed by atoms with Crippen molar-refractivity contribution in [1.82, 2.24) is 0 Å². The minimum Gasteiger partial charge on any atom is -0.385 e. The van der Waals surface area contributed by atoms with E-state index in [-0.39, 0.29) is 0 Å². The third-order valence-corrected chi connectivity index (χ3v) is 2.49. The second-order valence-electron chi connectivity index (χ2n) is 3.22. The number of halogens is 1. The average molecular weight is 169 g/mol. The standard InChI is InChI=1S/C9H9ClO/c1-9(11)5-6-3-2-4-7(10)8(6)9/h2-4,11H,5H2,1H3. The molecule has 0 fully saturated rings. The Bertz CT molecular complexity index is 290. The van der Waals surface area contributed by atoms with Gasteiger partial charge >= 0.3 is 0 Å². The first-order valence-corrected chi connectivity index (χ1v) is 3.99. The normalized spacial score (nSPS) is 27.5. The lowest BCUT2D eigenvalue weighted by molar-refractivity contribution is 0.0330. The van der Waals surface area contributed by atoms with Crippen molar-refractivity contribution in [2.75, 3.05) is 0 Å². The minimum absolute atomic E-state index is 0.679. The molecule has 0 aliphatic heterocycles. The molecule has 0 saturated carbocycles. The van der Waals surface area contributed by atoms with Crippen LogP contribution in [0.25, 0.3) is 0 Å². The molecular formula is C9H9ClO. The van der Waals surface area contributed by atoms with E-state index in [1.165, 1.54) is 5.56 Å². The molecule has 58 valence electrons. The maximum Gasteiger partial charge on any atom is 0.0925 e. The molecule has 2 rings (SSSR count). The zero-order valence-electron chi connectivity index (χ0n) is 6.26. The molecule has 1 atom stereocenters. The number of hydrogen-bond donors (Lipinski definition) is 1. The highest BCUT2D eigenvalue weighted by atomic mass is 35.5. The van der Waals surface area contributed by atoms with Gasteiger partial charge in [0.15, 0.2) is 0 Å². The molecule has 0 heterocycles. The summed E-state index contributed by atoms with van der Waals surface area (Å²) in [6.45, 7) is 1.79. The predicted octanol–water partition coefficient (Wildman–Crippen LogP) is 2.10. The van der Waals surface area contributed by atoms with Crippen molar-refractivity contribution in [3.63, 3.8) is 0 Å². The van der Waals surface area contributed by atoms with Crippen LogP contribution in [0.3, 0.4) is 0 Å². The van der Waals surface area contributed by atoms with E-state index in [2.05, 4.69) is 0 Å². The average Bonchev–Trinajstić information content (AvgIpc) is 1.84. The van der Waals surface area contributed by atoms with Crippen LogP contribution in [0, 0.1) is 0 Å². The van der Waals surface area contributed by atoms with Gasteiger partial charge in [0.1, 0.15) is 0 Å². The molecule has 2 heteroatoms. The van der Waals surface area contributed by atoms with Gasteiger partial charge in [-0.2, -0.15) is 0 Å². The first-order chi connectivity index (χ1) is 5.11. The maximum atomic E-state index is 9.66. The van der Waals surface area contributed by atoms with Crippen LogP contribution in [-0.2, 0) is 12.0 Å². The van der Waals surface area contributed by atoms with Gasteiger partial charge in [0.25, 0.3) is 0 Å². The Morgan fingerprint density at radius 1 is 1.55 bits per heavy atom. The lowest BCUT2D eigenvalue weighted by atomic mass is 9.75. The Kier molecular flexibility index (Phi) is 1.29. The molecule has 1 aliphatic carbocycles.